The molecule has 0 aliphatic carbocycles. The van der Waals surface area contributed by atoms with E-state index < -0.39 is 0 Å². The standard InChI is InChI=1S/C14H15BrN2O3/c1-3-20-11-7-5-4-6-9(11)13-16-10(8-19-2)12(15)14(18)17-13/h4-7H,3,8H2,1-2H3,(H,16,17,18). The zero-order chi connectivity index (χ0) is 14.5. The van der Waals surface area contributed by atoms with Crippen molar-refractivity contribution in [3.05, 3.63) is 44.8 Å². The largest absolute Gasteiger partial charge is 0.493 e. The van der Waals surface area contributed by atoms with E-state index in [9.17, 15) is 4.79 Å². The lowest BCUT2D eigenvalue weighted by Crippen LogP contribution is -2.14. The Balaban J connectivity index is 2.55. The lowest BCUT2D eigenvalue weighted by atomic mass is 10.2. The minimum Gasteiger partial charge on any atom is -0.493 e. The van der Waals surface area contributed by atoms with Gasteiger partial charge in [0.1, 0.15) is 16.0 Å². The number of hydrogen-bond donors (Lipinski definition) is 1. The number of rotatable bonds is 5. The van der Waals surface area contributed by atoms with E-state index in [1.54, 1.807) is 7.11 Å². The average molecular weight is 339 g/mol. The Hall–Kier alpha value is -1.66. The average Bonchev–Trinajstić information content (AvgIpc) is 2.45. The number of nitrogens with zero attached hydrogens (tertiary/aromatic N) is 1. The second-order valence-electron chi connectivity index (χ2n) is 4.04. The third-order valence-electron chi connectivity index (χ3n) is 2.65. The molecule has 1 aromatic carbocycles. The van der Waals surface area contributed by atoms with Crippen LogP contribution in [0, 0.1) is 0 Å². The summed E-state index contributed by atoms with van der Waals surface area (Å²) >= 11 is 3.22. The summed E-state index contributed by atoms with van der Waals surface area (Å²) in [4.78, 5) is 19.1. The number of hydrogen-bond acceptors (Lipinski definition) is 4. The third kappa shape index (κ3) is 3.08. The van der Waals surface area contributed by atoms with Gasteiger partial charge < -0.3 is 14.5 Å². The van der Waals surface area contributed by atoms with E-state index in [1.165, 1.54) is 0 Å². The van der Waals surface area contributed by atoms with Crippen LogP contribution in [-0.4, -0.2) is 23.7 Å². The van der Waals surface area contributed by atoms with Crippen LogP contribution < -0.4 is 10.3 Å². The number of ether oxygens (including phenoxy) is 2. The molecular formula is C14H15BrN2O3. The van der Waals surface area contributed by atoms with Crippen LogP contribution in [0.25, 0.3) is 11.4 Å². The summed E-state index contributed by atoms with van der Waals surface area (Å²) in [6.07, 6.45) is 0. The van der Waals surface area contributed by atoms with Crippen molar-refractivity contribution in [2.24, 2.45) is 0 Å². The number of aromatic nitrogens is 2. The van der Waals surface area contributed by atoms with Crippen molar-refractivity contribution in [3.8, 4) is 17.1 Å². The van der Waals surface area contributed by atoms with Crippen molar-refractivity contribution in [3.63, 3.8) is 0 Å². The maximum atomic E-state index is 11.9. The number of halogens is 1. The van der Waals surface area contributed by atoms with Crippen LogP contribution in [0.4, 0.5) is 0 Å². The Labute approximate surface area is 125 Å². The minimum atomic E-state index is -0.242. The van der Waals surface area contributed by atoms with Crippen molar-refractivity contribution >= 4 is 15.9 Å². The molecule has 1 heterocycles. The highest BCUT2D eigenvalue weighted by Crippen LogP contribution is 2.27. The van der Waals surface area contributed by atoms with Gasteiger partial charge in [-0.1, -0.05) is 12.1 Å². The van der Waals surface area contributed by atoms with Crippen molar-refractivity contribution in [1.82, 2.24) is 9.97 Å². The molecule has 0 saturated heterocycles. The smallest absolute Gasteiger partial charge is 0.265 e. The molecule has 20 heavy (non-hydrogen) atoms. The van der Waals surface area contributed by atoms with Gasteiger partial charge in [0, 0.05) is 7.11 Å². The molecule has 0 aliphatic heterocycles. The molecule has 0 amide bonds. The molecule has 6 heteroatoms. The van der Waals surface area contributed by atoms with E-state index in [-0.39, 0.29) is 12.2 Å². The monoisotopic (exact) mass is 338 g/mol. The molecule has 106 valence electrons. The van der Waals surface area contributed by atoms with Gasteiger partial charge >= 0.3 is 0 Å². The normalized spacial score (nSPS) is 10.6. The lowest BCUT2D eigenvalue weighted by Gasteiger charge is -2.10. The molecule has 0 aliphatic rings. The number of methoxy groups -OCH3 is 1. The van der Waals surface area contributed by atoms with Gasteiger partial charge in [0.2, 0.25) is 0 Å². The van der Waals surface area contributed by atoms with E-state index in [4.69, 9.17) is 9.47 Å². The molecule has 0 atom stereocenters. The summed E-state index contributed by atoms with van der Waals surface area (Å²) < 4.78 is 11.0. The fraction of sp³-hybridized carbons (Fsp3) is 0.286. The van der Waals surface area contributed by atoms with Gasteiger partial charge in [-0.25, -0.2) is 4.98 Å². The summed E-state index contributed by atoms with van der Waals surface area (Å²) in [5.74, 6) is 1.15. The summed E-state index contributed by atoms with van der Waals surface area (Å²) in [5, 5.41) is 0. The van der Waals surface area contributed by atoms with Crippen LogP contribution >= 0.6 is 15.9 Å². The van der Waals surface area contributed by atoms with E-state index in [1.807, 2.05) is 31.2 Å². The van der Waals surface area contributed by atoms with E-state index in [2.05, 4.69) is 25.9 Å². The number of benzene rings is 1. The first kappa shape index (κ1) is 14.7. The van der Waals surface area contributed by atoms with E-state index in [0.29, 0.717) is 28.3 Å². The van der Waals surface area contributed by atoms with Gasteiger partial charge in [-0.15, -0.1) is 0 Å². The number of para-hydroxylation sites is 1. The Morgan fingerprint density at radius 1 is 1.35 bits per heavy atom. The van der Waals surface area contributed by atoms with Gasteiger partial charge in [0.05, 0.1) is 24.5 Å². The maximum absolute atomic E-state index is 11.9. The van der Waals surface area contributed by atoms with Gasteiger partial charge in [-0.2, -0.15) is 0 Å². The van der Waals surface area contributed by atoms with Crippen LogP contribution in [0.5, 0.6) is 5.75 Å². The maximum Gasteiger partial charge on any atom is 0.265 e. The third-order valence-corrected chi connectivity index (χ3v) is 3.47. The second-order valence-corrected chi connectivity index (χ2v) is 4.83. The van der Waals surface area contributed by atoms with Crippen LogP contribution in [-0.2, 0) is 11.3 Å². The Bertz CT molecular complexity index is 655. The summed E-state index contributed by atoms with van der Waals surface area (Å²) in [7, 11) is 1.56. The fourth-order valence-corrected chi connectivity index (χ4v) is 2.11. The first-order valence-electron chi connectivity index (χ1n) is 6.17. The second kappa shape index (κ2) is 6.67. The van der Waals surface area contributed by atoms with Crippen molar-refractivity contribution in [2.45, 2.75) is 13.5 Å². The molecular weight excluding hydrogens is 324 g/mol. The summed E-state index contributed by atoms with van der Waals surface area (Å²) in [6.45, 7) is 2.71. The lowest BCUT2D eigenvalue weighted by molar-refractivity contribution is 0.180. The Kier molecular flexibility index (Phi) is 4.92. The van der Waals surface area contributed by atoms with Crippen LogP contribution in [0.15, 0.2) is 33.5 Å². The molecule has 0 spiro atoms. The molecule has 0 bridgehead atoms. The molecule has 0 radical (unpaired) electrons. The summed E-state index contributed by atoms with van der Waals surface area (Å²) in [5.41, 5.74) is 1.06. The van der Waals surface area contributed by atoms with Gasteiger partial charge in [-0.05, 0) is 35.0 Å². The van der Waals surface area contributed by atoms with Crippen LogP contribution in [0.1, 0.15) is 12.6 Å². The van der Waals surface area contributed by atoms with E-state index in [0.717, 1.165) is 5.56 Å². The van der Waals surface area contributed by atoms with Gasteiger partial charge in [-0.3, -0.25) is 4.79 Å². The first-order valence-corrected chi connectivity index (χ1v) is 6.96. The molecule has 1 N–H and O–H groups in total. The van der Waals surface area contributed by atoms with Crippen molar-refractivity contribution in [2.75, 3.05) is 13.7 Å². The van der Waals surface area contributed by atoms with Gasteiger partial charge in [0.25, 0.3) is 5.56 Å². The molecule has 0 fully saturated rings. The zero-order valence-corrected chi connectivity index (χ0v) is 12.9. The molecule has 0 saturated carbocycles. The molecule has 2 aromatic rings. The Morgan fingerprint density at radius 2 is 2.10 bits per heavy atom. The quantitative estimate of drug-likeness (QED) is 0.910. The number of aromatic amines is 1. The molecule has 1 aromatic heterocycles. The first-order chi connectivity index (χ1) is 9.67. The highest BCUT2D eigenvalue weighted by atomic mass is 79.9. The van der Waals surface area contributed by atoms with Crippen LogP contribution in [0.2, 0.25) is 0 Å². The number of nitrogens with one attached hydrogen (secondary N) is 1. The molecule has 2 rings (SSSR count). The Morgan fingerprint density at radius 3 is 2.80 bits per heavy atom. The topological polar surface area (TPSA) is 64.2 Å². The van der Waals surface area contributed by atoms with E-state index >= 15 is 0 Å². The van der Waals surface area contributed by atoms with Crippen molar-refractivity contribution < 1.29 is 9.47 Å². The zero-order valence-electron chi connectivity index (χ0n) is 11.3. The highest BCUT2D eigenvalue weighted by molar-refractivity contribution is 9.10. The minimum absolute atomic E-state index is 0.242. The molecule has 0 unspecified atom stereocenters. The molecule has 5 nitrogen and oxygen atoms in total. The highest BCUT2D eigenvalue weighted by Gasteiger charge is 2.13. The predicted octanol–water partition coefficient (Wildman–Crippen LogP) is 2.74. The van der Waals surface area contributed by atoms with Gasteiger partial charge in [0.15, 0.2) is 0 Å². The van der Waals surface area contributed by atoms with Crippen molar-refractivity contribution in [1.29, 1.82) is 0 Å². The van der Waals surface area contributed by atoms with Crippen LogP contribution in [0.3, 0.4) is 0 Å². The summed E-state index contributed by atoms with van der Waals surface area (Å²) in [6, 6.07) is 7.45. The predicted molar refractivity (Wildman–Crippen MR) is 79.9 cm³/mol. The SMILES string of the molecule is CCOc1ccccc1-c1nc(COC)c(Br)c(=O)[nH]1. The number of H-pyrrole nitrogens is 1. The fourth-order valence-electron chi connectivity index (χ4n) is 1.81.